The fourth-order valence-electron chi connectivity index (χ4n) is 1.63. The summed E-state index contributed by atoms with van der Waals surface area (Å²) in [7, 11) is 0. The molecule has 22 heavy (non-hydrogen) atoms. The van der Waals surface area contributed by atoms with Gasteiger partial charge in [0.05, 0.1) is 0 Å². The van der Waals surface area contributed by atoms with Crippen molar-refractivity contribution in [3.8, 4) is 0 Å². The van der Waals surface area contributed by atoms with E-state index in [4.69, 9.17) is 0 Å². The normalized spacial score (nSPS) is 11.4. The van der Waals surface area contributed by atoms with Crippen LogP contribution in [0.2, 0.25) is 0 Å². The number of rotatable bonds is 8. The number of Topliss-reactive ketones (excluding diaryl/α,β-unsaturated/α-hetero) is 1. The predicted molar refractivity (Wildman–Crippen MR) is 103 cm³/mol. The van der Waals surface area contributed by atoms with Gasteiger partial charge in [0, 0.05) is 13.0 Å². The molecule has 0 bridgehead atoms. The Labute approximate surface area is 140 Å². The molecule has 0 fully saturated rings. The Balaban J connectivity index is -0.000000299. The maximum absolute atomic E-state index is 10.6. The molecule has 2 heteroatoms. The first-order valence-corrected chi connectivity index (χ1v) is 8.92. The third kappa shape index (κ3) is 21.4. The van der Waals surface area contributed by atoms with Gasteiger partial charge >= 0.3 is 0 Å². The van der Waals surface area contributed by atoms with Crippen molar-refractivity contribution < 1.29 is 4.79 Å². The third-order valence-electron chi connectivity index (χ3n) is 3.25. The minimum absolute atomic E-state index is 0.291. The number of ketones is 1. The Hall–Kier alpha value is -0.890. The van der Waals surface area contributed by atoms with Gasteiger partial charge in [-0.1, -0.05) is 57.9 Å². The average Bonchev–Trinajstić information content (AvgIpc) is 2.53. The highest BCUT2D eigenvalue weighted by atomic mass is 16.1. The van der Waals surface area contributed by atoms with Crippen molar-refractivity contribution in [1.29, 1.82) is 0 Å². The summed E-state index contributed by atoms with van der Waals surface area (Å²) in [6, 6.07) is 0. The molecule has 0 unspecified atom stereocenters. The second-order valence-electron chi connectivity index (χ2n) is 5.26. The number of nitrogens with zero attached hydrogens (tertiary/aromatic N) is 1. The molecule has 0 aromatic heterocycles. The van der Waals surface area contributed by atoms with Gasteiger partial charge in [-0.2, -0.15) is 0 Å². The van der Waals surface area contributed by atoms with Crippen LogP contribution in [0.3, 0.4) is 0 Å². The first-order valence-electron chi connectivity index (χ1n) is 8.92. The van der Waals surface area contributed by atoms with Crippen molar-refractivity contribution in [2.75, 3.05) is 19.6 Å². The Bertz CT molecular complexity index is 303. The third-order valence-corrected chi connectivity index (χ3v) is 3.25. The molecule has 132 valence electrons. The van der Waals surface area contributed by atoms with Crippen LogP contribution < -0.4 is 0 Å². The molecular weight excluding hydrogens is 270 g/mol. The SMILES string of the molecule is C/C=C(C)\C=C(\C)CC.CC.CCCN(CC)CCC(C)=O. The van der Waals surface area contributed by atoms with Gasteiger partial charge in [0.2, 0.25) is 0 Å². The summed E-state index contributed by atoms with van der Waals surface area (Å²) in [5.41, 5.74) is 2.81. The van der Waals surface area contributed by atoms with Gasteiger partial charge in [-0.3, -0.25) is 4.79 Å². The number of carbonyl (C=O) groups is 1. The number of hydrogen-bond acceptors (Lipinski definition) is 2. The van der Waals surface area contributed by atoms with Crippen LogP contribution in [0.25, 0.3) is 0 Å². The first kappa shape index (κ1) is 26.0. The van der Waals surface area contributed by atoms with Crippen LogP contribution in [-0.4, -0.2) is 30.3 Å². The van der Waals surface area contributed by atoms with Crippen LogP contribution in [0.15, 0.2) is 23.3 Å². The van der Waals surface area contributed by atoms with Crippen molar-refractivity contribution in [1.82, 2.24) is 4.90 Å². The Morgan fingerprint density at radius 1 is 1.00 bits per heavy atom. The topological polar surface area (TPSA) is 20.3 Å². The summed E-state index contributed by atoms with van der Waals surface area (Å²) in [6.45, 7) is 21.6. The largest absolute Gasteiger partial charge is 0.303 e. The first-order chi connectivity index (χ1) is 10.4. The highest BCUT2D eigenvalue weighted by Crippen LogP contribution is 2.03. The lowest BCUT2D eigenvalue weighted by Gasteiger charge is -2.18. The Kier molecular flexibility index (Phi) is 23.8. The monoisotopic (exact) mass is 311 g/mol. The van der Waals surface area contributed by atoms with Crippen molar-refractivity contribution in [3.05, 3.63) is 23.3 Å². The van der Waals surface area contributed by atoms with Gasteiger partial charge in [-0.25, -0.2) is 0 Å². The zero-order valence-corrected chi connectivity index (χ0v) is 16.8. The molecule has 0 heterocycles. The summed E-state index contributed by atoms with van der Waals surface area (Å²) in [5.74, 6) is 0.291. The minimum atomic E-state index is 0.291. The Morgan fingerprint density at radius 3 is 1.86 bits per heavy atom. The minimum Gasteiger partial charge on any atom is -0.303 e. The molecule has 2 nitrogen and oxygen atoms in total. The van der Waals surface area contributed by atoms with Crippen molar-refractivity contribution >= 4 is 5.78 Å². The lowest BCUT2D eigenvalue weighted by Crippen LogP contribution is -2.26. The van der Waals surface area contributed by atoms with Crippen LogP contribution >= 0.6 is 0 Å². The van der Waals surface area contributed by atoms with E-state index in [-0.39, 0.29) is 0 Å². The molecule has 0 amide bonds. The van der Waals surface area contributed by atoms with Gasteiger partial charge in [-0.05, 0) is 53.6 Å². The molecular formula is C20H41NO. The summed E-state index contributed by atoms with van der Waals surface area (Å²) in [4.78, 5) is 12.9. The second kappa shape index (κ2) is 20.1. The number of carbonyl (C=O) groups excluding carboxylic acids is 1. The molecule has 0 N–H and O–H groups in total. The fourth-order valence-corrected chi connectivity index (χ4v) is 1.63. The lowest BCUT2D eigenvalue weighted by atomic mass is 10.1. The average molecular weight is 312 g/mol. The van der Waals surface area contributed by atoms with Gasteiger partial charge in [0.25, 0.3) is 0 Å². The second-order valence-corrected chi connectivity index (χ2v) is 5.26. The van der Waals surface area contributed by atoms with E-state index >= 15 is 0 Å². The van der Waals surface area contributed by atoms with Gasteiger partial charge < -0.3 is 4.90 Å². The van der Waals surface area contributed by atoms with Gasteiger partial charge in [0.1, 0.15) is 5.78 Å². The Morgan fingerprint density at radius 2 is 1.55 bits per heavy atom. The number of hydrogen-bond donors (Lipinski definition) is 0. The summed E-state index contributed by atoms with van der Waals surface area (Å²) < 4.78 is 0. The van der Waals surface area contributed by atoms with E-state index in [0.717, 1.165) is 26.1 Å². The molecule has 0 aliphatic rings. The van der Waals surface area contributed by atoms with E-state index < -0.39 is 0 Å². The van der Waals surface area contributed by atoms with E-state index in [1.807, 2.05) is 13.8 Å². The molecule has 0 aromatic carbocycles. The van der Waals surface area contributed by atoms with E-state index in [0.29, 0.717) is 12.2 Å². The molecule has 0 spiro atoms. The molecule has 0 aliphatic heterocycles. The van der Waals surface area contributed by atoms with Gasteiger partial charge in [0.15, 0.2) is 0 Å². The zero-order chi connectivity index (χ0) is 18.0. The summed E-state index contributed by atoms with van der Waals surface area (Å²) in [5, 5.41) is 0. The smallest absolute Gasteiger partial charge is 0.131 e. The van der Waals surface area contributed by atoms with E-state index in [2.05, 4.69) is 58.6 Å². The molecule has 0 saturated heterocycles. The molecule has 0 aliphatic carbocycles. The summed E-state index contributed by atoms with van der Waals surface area (Å²) >= 11 is 0. The fraction of sp³-hybridized carbons (Fsp3) is 0.750. The van der Waals surface area contributed by atoms with Crippen molar-refractivity contribution in [3.63, 3.8) is 0 Å². The van der Waals surface area contributed by atoms with Crippen LogP contribution in [0, 0.1) is 0 Å². The summed E-state index contributed by atoms with van der Waals surface area (Å²) in [6.07, 6.45) is 7.38. The highest BCUT2D eigenvalue weighted by Gasteiger charge is 2.01. The maximum atomic E-state index is 10.6. The predicted octanol–water partition coefficient (Wildman–Crippen LogP) is 6.03. The molecule has 0 saturated carbocycles. The van der Waals surface area contributed by atoms with Crippen molar-refractivity contribution in [2.24, 2.45) is 0 Å². The van der Waals surface area contributed by atoms with E-state index in [1.165, 1.54) is 17.6 Å². The van der Waals surface area contributed by atoms with Crippen molar-refractivity contribution in [2.45, 2.75) is 81.6 Å². The van der Waals surface area contributed by atoms with E-state index in [1.54, 1.807) is 6.92 Å². The van der Waals surface area contributed by atoms with Crippen LogP contribution in [-0.2, 0) is 4.79 Å². The molecule has 0 rings (SSSR count). The maximum Gasteiger partial charge on any atom is 0.131 e. The zero-order valence-electron chi connectivity index (χ0n) is 16.8. The van der Waals surface area contributed by atoms with Crippen LogP contribution in [0.4, 0.5) is 0 Å². The van der Waals surface area contributed by atoms with Gasteiger partial charge in [-0.15, -0.1) is 0 Å². The quantitative estimate of drug-likeness (QED) is 0.510. The van der Waals surface area contributed by atoms with E-state index in [9.17, 15) is 4.79 Å². The van der Waals surface area contributed by atoms with Crippen LogP contribution in [0.1, 0.15) is 81.6 Å². The molecule has 0 atom stereocenters. The molecule has 0 radical (unpaired) electrons. The standard InChI is InChI=1S/C9H19NO.C9H16.C2H6/c1-4-7-10(5-2)8-6-9(3)11;1-5-8(3)7-9(4)6-2;1-2/h4-8H2,1-3H3;5,7H,6H2,1-4H3;1-2H3/b;8-5-,9-7-;. The highest BCUT2D eigenvalue weighted by molar-refractivity contribution is 5.75. The number of allylic oxidation sites excluding steroid dienone is 4. The van der Waals surface area contributed by atoms with Crippen LogP contribution in [0.5, 0.6) is 0 Å². The molecule has 0 aromatic rings. The lowest BCUT2D eigenvalue weighted by molar-refractivity contribution is -0.117.